The number of carbonyl (C=O) groups excluding carboxylic acids is 1. The van der Waals surface area contributed by atoms with Gasteiger partial charge < -0.3 is 5.32 Å². The van der Waals surface area contributed by atoms with E-state index in [0.717, 1.165) is 6.42 Å². The summed E-state index contributed by atoms with van der Waals surface area (Å²) in [6.07, 6.45) is 0.811. The fourth-order valence-electron chi connectivity index (χ4n) is 2.63. The molecule has 18 heavy (non-hydrogen) atoms. The van der Waals surface area contributed by atoms with E-state index in [1.54, 1.807) is 0 Å². The van der Waals surface area contributed by atoms with Crippen molar-refractivity contribution in [3.05, 3.63) is 0 Å². The first-order valence-corrected chi connectivity index (χ1v) is 7.41. The van der Waals surface area contributed by atoms with Gasteiger partial charge in [-0.15, -0.1) is 10.3 Å². The minimum absolute atomic E-state index is 0.0288. The van der Waals surface area contributed by atoms with Gasteiger partial charge in [0.1, 0.15) is 0 Å². The molecule has 1 fully saturated rings. The molecular weight excluding hydrogens is 343 g/mol. The van der Waals surface area contributed by atoms with Gasteiger partial charge in [-0.2, -0.15) is 0 Å². The van der Waals surface area contributed by atoms with Crippen LogP contribution in [-0.4, -0.2) is 32.0 Å². The van der Waals surface area contributed by atoms with Crippen molar-refractivity contribution in [3.8, 4) is 0 Å². The van der Waals surface area contributed by atoms with Crippen LogP contribution in [0.2, 0.25) is 0 Å². The molecule has 0 aromatic rings. The van der Waals surface area contributed by atoms with Gasteiger partial charge in [0.15, 0.2) is 0 Å². The highest BCUT2D eigenvalue weighted by Gasteiger charge is 2.52. The molecule has 1 aliphatic heterocycles. The van der Waals surface area contributed by atoms with E-state index in [9.17, 15) is 10.0 Å². The molecule has 0 aromatic carbocycles. The Balaban J connectivity index is 2.67. The Bertz CT molecular complexity index is 334. The lowest BCUT2D eigenvalue weighted by Crippen LogP contribution is -2.49. The summed E-state index contributed by atoms with van der Waals surface area (Å²) in [6.45, 7) is 12.2. The molecule has 1 radical (unpaired) electrons. The van der Waals surface area contributed by atoms with E-state index in [1.165, 1.54) is 5.06 Å². The lowest BCUT2D eigenvalue weighted by atomic mass is 9.87. The average Bonchev–Trinajstić information content (AvgIpc) is 2.34. The van der Waals surface area contributed by atoms with Crippen LogP contribution < -0.4 is 5.32 Å². The Hall–Kier alpha value is 0.120. The molecule has 1 atom stereocenters. The first kappa shape index (κ1) is 16.2. The highest BCUT2D eigenvalue weighted by Crippen LogP contribution is 2.43. The first-order valence-electron chi connectivity index (χ1n) is 6.34. The molecule has 1 amide bonds. The summed E-state index contributed by atoms with van der Waals surface area (Å²) in [5.41, 5.74) is -0.773. The smallest absolute Gasteiger partial charge is 0.235 e. The van der Waals surface area contributed by atoms with Crippen molar-refractivity contribution in [1.82, 2.24) is 10.4 Å². The van der Waals surface area contributed by atoms with Crippen molar-refractivity contribution >= 4 is 28.5 Å². The molecule has 5 heteroatoms. The van der Waals surface area contributed by atoms with Crippen molar-refractivity contribution in [1.29, 1.82) is 0 Å². The molecule has 0 aliphatic carbocycles. The largest absolute Gasteiger partial charge is 0.355 e. The molecule has 0 saturated carbocycles. The van der Waals surface area contributed by atoms with Crippen LogP contribution in [0.4, 0.5) is 0 Å². The fraction of sp³-hybridized carbons (Fsp3) is 0.923. The number of alkyl halides is 1. The number of rotatable bonds is 3. The highest BCUT2D eigenvalue weighted by molar-refractivity contribution is 14.1. The van der Waals surface area contributed by atoms with E-state index in [4.69, 9.17) is 0 Å². The van der Waals surface area contributed by atoms with E-state index >= 15 is 0 Å². The Kier molecular flexibility index (Phi) is 4.41. The quantitative estimate of drug-likeness (QED) is 0.616. The van der Waals surface area contributed by atoms with Crippen molar-refractivity contribution < 1.29 is 10.0 Å². The summed E-state index contributed by atoms with van der Waals surface area (Å²) in [7, 11) is 0. The number of amides is 1. The minimum Gasteiger partial charge on any atom is -0.355 e. The Labute approximate surface area is 124 Å². The van der Waals surface area contributed by atoms with E-state index in [1.807, 2.05) is 41.5 Å². The number of hydroxylamine groups is 2. The predicted octanol–water partition coefficient (Wildman–Crippen LogP) is 2.54. The van der Waals surface area contributed by atoms with Crippen molar-refractivity contribution in [2.75, 3.05) is 6.54 Å². The SMILES string of the molecule is CC(C)(I)C(=O)NCC1CC(C)(C)N([O])C1(C)C. The van der Waals surface area contributed by atoms with Crippen LogP contribution in [0.3, 0.4) is 0 Å². The van der Waals surface area contributed by atoms with Crippen molar-refractivity contribution in [3.63, 3.8) is 0 Å². The van der Waals surface area contributed by atoms with Crippen LogP contribution >= 0.6 is 22.6 Å². The topological polar surface area (TPSA) is 52.2 Å². The molecule has 1 saturated heterocycles. The van der Waals surface area contributed by atoms with Gasteiger partial charge in [-0.3, -0.25) is 4.79 Å². The van der Waals surface area contributed by atoms with Crippen LogP contribution in [0.15, 0.2) is 0 Å². The maximum Gasteiger partial charge on any atom is 0.235 e. The van der Waals surface area contributed by atoms with E-state index in [2.05, 4.69) is 27.9 Å². The third-order valence-electron chi connectivity index (χ3n) is 3.87. The summed E-state index contributed by atoms with van der Waals surface area (Å²) in [6, 6.07) is 0. The standard InChI is InChI=1S/C13H24IN2O2/c1-11(2)7-9(13(5,6)16(11)18)8-15-10(17)12(3,4)14/h9H,7-8H2,1-6H3,(H,15,17). The summed E-state index contributed by atoms with van der Waals surface area (Å²) in [5, 5.41) is 16.4. The third kappa shape index (κ3) is 3.17. The van der Waals surface area contributed by atoms with Gasteiger partial charge in [0.25, 0.3) is 0 Å². The second-order valence-corrected chi connectivity index (χ2v) is 9.54. The van der Waals surface area contributed by atoms with Crippen molar-refractivity contribution in [2.45, 2.75) is 62.5 Å². The first-order chi connectivity index (χ1) is 7.89. The molecule has 1 rings (SSSR count). The Morgan fingerprint density at radius 3 is 2.22 bits per heavy atom. The maximum atomic E-state index is 12.2. The van der Waals surface area contributed by atoms with Crippen LogP contribution in [-0.2, 0) is 10.0 Å². The van der Waals surface area contributed by atoms with E-state index < -0.39 is 8.96 Å². The molecule has 1 N–H and O–H groups in total. The van der Waals surface area contributed by atoms with Gasteiger partial charge >= 0.3 is 0 Å². The van der Waals surface area contributed by atoms with Crippen LogP contribution in [0.1, 0.15) is 48.0 Å². The summed E-state index contributed by atoms with van der Waals surface area (Å²) < 4.78 is -0.410. The van der Waals surface area contributed by atoms with Gasteiger partial charge in [-0.25, -0.2) is 0 Å². The Morgan fingerprint density at radius 1 is 1.39 bits per heavy atom. The molecule has 1 unspecified atom stereocenters. The normalized spacial score (nSPS) is 27.2. The molecule has 0 spiro atoms. The van der Waals surface area contributed by atoms with Crippen LogP contribution in [0.5, 0.6) is 0 Å². The second kappa shape index (κ2) is 4.90. The summed E-state index contributed by atoms with van der Waals surface area (Å²) in [5.74, 6) is 0.216. The zero-order chi connectivity index (χ0) is 14.4. The average molecular weight is 367 g/mol. The van der Waals surface area contributed by atoms with Crippen LogP contribution in [0.25, 0.3) is 0 Å². The van der Waals surface area contributed by atoms with Gasteiger partial charge in [-0.1, -0.05) is 22.6 Å². The number of carbonyl (C=O) groups is 1. The molecule has 0 bridgehead atoms. The zero-order valence-electron chi connectivity index (χ0n) is 12.1. The van der Waals surface area contributed by atoms with Gasteiger partial charge in [0.05, 0.1) is 3.42 Å². The second-order valence-electron chi connectivity index (χ2n) is 6.84. The lowest BCUT2D eigenvalue weighted by Gasteiger charge is -2.34. The maximum absolute atomic E-state index is 12.2. The van der Waals surface area contributed by atoms with Crippen LogP contribution in [0, 0.1) is 5.92 Å². The Morgan fingerprint density at radius 2 is 1.89 bits per heavy atom. The van der Waals surface area contributed by atoms with Gasteiger partial charge in [-0.05, 0) is 53.9 Å². The molecule has 105 valence electrons. The number of nitrogens with one attached hydrogen (secondary N) is 1. The molecule has 1 aliphatic rings. The van der Waals surface area contributed by atoms with E-state index in [-0.39, 0.29) is 17.4 Å². The zero-order valence-corrected chi connectivity index (χ0v) is 14.3. The summed E-state index contributed by atoms with van der Waals surface area (Å²) in [4.78, 5) is 11.9. The number of hydrogen-bond donors (Lipinski definition) is 1. The molecule has 0 aromatic heterocycles. The molecular formula is C13H24IN2O2. The fourth-order valence-corrected chi connectivity index (χ4v) is 2.82. The van der Waals surface area contributed by atoms with Crippen molar-refractivity contribution in [2.24, 2.45) is 5.92 Å². The number of halogens is 1. The third-order valence-corrected chi connectivity index (χ3v) is 4.36. The van der Waals surface area contributed by atoms with Gasteiger partial charge in [0, 0.05) is 17.6 Å². The van der Waals surface area contributed by atoms with Gasteiger partial charge in [0.2, 0.25) is 5.91 Å². The monoisotopic (exact) mass is 367 g/mol. The molecule has 4 nitrogen and oxygen atoms in total. The highest BCUT2D eigenvalue weighted by atomic mass is 127. The minimum atomic E-state index is -0.424. The predicted molar refractivity (Wildman–Crippen MR) is 79.9 cm³/mol. The van der Waals surface area contributed by atoms with E-state index in [0.29, 0.717) is 6.54 Å². The number of nitrogens with zero attached hydrogens (tertiary/aromatic N) is 1. The lowest BCUT2D eigenvalue weighted by molar-refractivity contribution is -0.248. The number of hydrogen-bond acceptors (Lipinski definition) is 2. The summed E-state index contributed by atoms with van der Waals surface area (Å²) >= 11 is 2.12. The molecule has 1 heterocycles.